The van der Waals surface area contributed by atoms with Crippen molar-refractivity contribution < 1.29 is 4.79 Å². The quantitative estimate of drug-likeness (QED) is 0.403. The number of amides is 1. The lowest BCUT2D eigenvalue weighted by atomic mass is 10.0. The third-order valence-corrected chi connectivity index (χ3v) is 5.92. The van der Waals surface area contributed by atoms with Gasteiger partial charge in [-0.25, -0.2) is 9.69 Å². The van der Waals surface area contributed by atoms with E-state index in [-0.39, 0.29) is 18.3 Å². The summed E-state index contributed by atoms with van der Waals surface area (Å²) in [6.45, 7) is 3.43. The number of nitrogens with one attached hydrogen (secondary N) is 1. The van der Waals surface area contributed by atoms with Crippen molar-refractivity contribution >= 4 is 53.1 Å². The fourth-order valence-corrected chi connectivity index (χ4v) is 4.25. The Kier molecular flexibility index (Phi) is 8.26. The largest absolute Gasteiger partial charge is 0.286 e. The molecule has 4 rings (SSSR count). The lowest BCUT2D eigenvalue weighted by Gasteiger charge is -2.23. The van der Waals surface area contributed by atoms with E-state index in [1.807, 2.05) is 42.3 Å². The van der Waals surface area contributed by atoms with E-state index in [0.717, 1.165) is 29.8 Å². The van der Waals surface area contributed by atoms with E-state index in [9.17, 15) is 4.79 Å². The minimum absolute atomic E-state index is 0. The number of benzene rings is 2. The first-order chi connectivity index (χ1) is 15.0. The van der Waals surface area contributed by atoms with Gasteiger partial charge in [-0.05, 0) is 43.2 Å². The van der Waals surface area contributed by atoms with Crippen LogP contribution in [0.25, 0.3) is 16.9 Å². The number of carbonyl (C=O) groups excluding carboxylic acids is 1. The number of hydrogen-bond acceptors (Lipinski definition) is 3. The van der Waals surface area contributed by atoms with Gasteiger partial charge in [0.05, 0.1) is 16.4 Å². The Balaban J connectivity index is 0.00000289. The molecule has 9 heteroatoms. The smallest absolute Gasteiger partial charge is 0.283 e. The zero-order valence-electron chi connectivity index (χ0n) is 17.3. The number of hydrazine groups is 1. The van der Waals surface area contributed by atoms with Crippen molar-refractivity contribution in [2.75, 3.05) is 13.1 Å². The molecule has 1 aliphatic heterocycles. The summed E-state index contributed by atoms with van der Waals surface area (Å²) >= 11 is 18.7. The van der Waals surface area contributed by atoms with Gasteiger partial charge in [0.15, 0.2) is 5.69 Å². The second-order valence-electron chi connectivity index (χ2n) is 7.19. The zero-order chi connectivity index (χ0) is 22.0. The Morgan fingerprint density at radius 2 is 1.78 bits per heavy atom. The van der Waals surface area contributed by atoms with Crippen molar-refractivity contribution in [1.29, 1.82) is 0 Å². The highest BCUT2D eigenvalue weighted by Gasteiger charge is 2.25. The summed E-state index contributed by atoms with van der Waals surface area (Å²) in [5, 5.41) is 8.20. The maximum atomic E-state index is 13.2. The van der Waals surface area contributed by atoms with Crippen molar-refractivity contribution in [2.24, 2.45) is 0 Å². The molecule has 1 amide bonds. The molecule has 0 atom stereocenters. The molecule has 0 spiro atoms. The van der Waals surface area contributed by atoms with Crippen molar-refractivity contribution in [3.63, 3.8) is 0 Å². The molecule has 0 saturated carbocycles. The molecule has 1 aliphatic rings. The molecule has 2 aromatic carbocycles. The monoisotopic (exact) mass is 510 g/mol. The van der Waals surface area contributed by atoms with Gasteiger partial charge < -0.3 is 0 Å². The second kappa shape index (κ2) is 10.7. The van der Waals surface area contributed by atoms with Gasteiger partial charge in [-0.3, -0.25) is 10.2 Å². The third kappa shape index (κ3) is 5.13. The Morgan fingerprint density at radius 1 is 1.06 bits per heavy atom. The summed E-state index contributed by atoms with van der Waals surface area (Å²) in [6.07, 6.45) is 5.66. The average molecular weight is 512 g/mol. The first-order valence-corrected chi connectivity index (χ1v) is 11.2. The molecule has 0 aliphatic carbocycles. The zero-order valence-corrected chi connectivity index (χ0v) is 20.4. The molecule has 0 unspecified atom stereocenters. The van der Waals surface area contributed by atoms with Crippen molar-refractivity contribution in [2.45, 2.75) is 19.8 Å². The van der Waals surface area contributed by atoms with Gasteiger partial charge >= 0.3 is 0 Å². The van der Waals surface area contributed by atoms with Crippen LogP contribution in [-0.2, 0) is 6.42 Å². The highest BCUT2D eigenvalue weighted by atomic mass is 35.5. The van der Waals surface area contributed by atoms with Crippen LogP contribution in [0.5, 0.6) is 0 Å². The molecule has 0 bridgehead atoms. The molecule has 1 N–H and O–H groups in total. The van der Waals surface area contributed by atoms with E-state index in [2.05, 4.69) is 11.5 Å². The van der Waals surface area contributed by atoms with E-state index in [1.165, 1.54) is 0 Å². The minimum atomic E-state index is -0.244. The highest BCUT2D eigenvalue weighted by Crippen LogP contribution is 2.34. The molecule has 168 valence electrons. The topological polar surface area (TPSA) is 50.2 Å². The van der Waals surface area contributed by atoms with Crippen molar-refractivity contribution in [3.05, 3.63) is 80.9 Å². The molecule has 0 saturated heterocycles. The summed E-state index contributed by atoms with van der Waals surface area (Å²) in [6, 6.07) is 12.7. The second-order valence-corrected chi connectivity index (χ2v) is 8.47. The number of aromatic nitrogens is 2. The van der Waals surface area contributed by atoms with E-state index in [0.29, 0.717) is 39.4 Å². The lowest BCUT2D eigenvalue weighted by molar-refractivity contribution is 0.0797. The van der Waals surface area contributed by atoms with Crippen LogP contribution in [0, 0.1) is 0 Å². The number of halogens is 4. The van der Waals surface area contributed by atoms with Gasteiger partial charge in [0.2, 0.25) is 0 Å². The molecule has 0 radical (unpaired) electrons. The summed E-state index contributed by atoms with van der Waals surface area (Å²) in [4.78, 5) is 13.2. The predicted octanol–water partition coefficient (Wildman–Crippen LogP) is 6.39. The number of nitrogens with zero attached hydrogens (tertiary/aromatic N) is 3. The molecule has 1 aromatic heterocycles. The van der Waals surface area contributed by atoms with E-state index >= 15 is 0 Å². The summed E-state index contributed by atoms with van der Waals surface area (Å²) < 4.78 is 1.71. The molecule has 2 heterocycles. The highest BCUT2D eigenvalue weighted by molar-refractivity contribution is 6.35. The van der Waals surface area contributed by atoms with Crippen molar-refractivity contribution in [1.82, 2.24) is 20.2 Å². The molecular weight excluding hydrogens is 490 g/mol. The maximum absolute atomic E-state index is 13.2. The number of carbonyl (C=O) groups is 1. The fraction of sp³-hybridized carbons (Fsp3) is 0.217. The van der Waals surface area contributed by atoms with Gasteiger partial charge in [0.1, 0.15) is 0 Å². The van der Waals surface area contributed by atoms with Crippen LogP contribution in [-0.4, -0.2) is 33.8 Å². The van der Waals surface area contributed by atoms with E-state index in [1.54, 1.807) is 22.9 Å². The minimum Gasteiger partial charge on any atom is -0.283 e. The van der Waals surface area contributed by atoms with E-state index < -0.39 is 0 Å². The van der Waals surface area contributed by atoms with Crippen molar-refractivity contribution in [3.8, 4) is 16.9 Å². The number of hydrogen-bond donors (Lipinski definition) is 1. The molecule has 5 nitrogen and oxygen atoms in total. The molecular formula is C23H22Cl4N4O. The van der Waals surface area contributed by atoms with Crippen LogP contribution in [0.3, 0.4) is 0 Å². The van der Waals surface area contributed by atoms with Crippen LogP contribution < -0.4 is 5.43 Å². The predicted molar refractivity (Wildman–Crippen MR) is 133 cm³/mol. The lowest BCUT2D eigenvalue weighted by Crippen LogP contribution is -2.44. The average Bonchev–Trinajstić information content (AvgIpc) is 3.14. The number of rotatable bonds is 5. The summed E-state index contributed by atoms with van der Waals surface area (Å²) in [5.41, 5.74) is 6.51. The summed E-state index contributed by atoms with van der Waals surface area (Å²) in [5.74, 6) is -0.244. The Morgan fingerprint density at radius 3 is 2.41 bits per heavy atom. The van der Waals surface area contributed by atoms with Crippen LogP contribution in [0.15, 0.2) is 54.6 Å². The van der Waals surface area contributed by atoms with Gasteiger partial charge in [-0.15, -0.1) is 12.4 Å². The maximum Gasteiger partial charge on any atom is 0.286 e. The Hall–Kier alpha value is -2.02. The van der Waals surface area contributed by atoms with Crippen LogP contribution in [0.1, 0.15) is 29.4 Å². The Labute approximate surface area is 208 Å². The van der Waals surface area contributed by atoms with Gasteiger partial charge in [0, 0.05) is 34.3 Å². The first-order valence-electron chi connectivity index (χ1n) is 10.0. The van der Waals surface area contributed by atoms with Crippen LogP contribution in [0.4, 0.5) is 0 Å². The van der Waals surface area contributed by atoms with Crippen LogP contribution >= 0.6 is 47.2 Å². The molecule has 3 aromatic rings. The molecule has 32 heavy (non-hydrogen) atoms. The normalized spacial score (nSPS) is 13.6. The SMILES string of the molecule is CCc1c(C(=O)NN2CC=CCC2)nn(-c2ccc(Cl)cc2Cl)c1-c1ccc(Cl)cc1.Cl. The van der Waals surface area contributed by atoms with Gasteiger partial charge in [0.25, 0.3) is 5.91 Å². The summed E-state index contributed by atoms with van der Waals surface area (Å²) in [7, 11) is 0. The fourth-order valence-electron chi connectivity index (χ4n) is 3.64. The first kappa shape index (κ1) is 24.6. The van der Waals surface area contributed by atoms with Crippen LogP contribution in [0.2, 0.25) is 15.1 Å². The standard InChI is InChI=1S/C23H21Cl3N4O.ClH/c1-2-18-21(23(31)28-29-12-4-3-5-13-29)27-30(20-11-10-17(25)14-19(20)26)22(18)15-6-8-16(24)9-7-15;/h3-4,6-11,14H,2,5,12-13H2,1H3,(H,28,31);1H. The third-order valence-electron chi connectivity index (χ3n) is 5.13. The molecule has 0 fully saturated rings. The Bertz CT molecular complexity index is 1140. The van der Waals surface area contributed by atoms with Gasteiger partial charge in [-0.2, -0.15) is 5.10 Å². The van der Waals surface area contributed by atoms with E-state index in [4.69, 9.17) is 39.9 Å². The van der Waals surface area contributed by atoms with Gasteiger partial charge in [-0.1, -0.05) is 66.0 Å².